The first-order valence-electron chi connectivity index (χ1n) is 3.59. The van der Waals surface area contributed by atoms with Gasteiger partial charge < -0.3 is 10.2 Å². The number of carbonyl (C=O) groups is 1. The molecule has 0 aliphatic heterocycles. The number of carboxylic acids is 1. The second-order valence-corrected chi connectivity index (χ2v) is 4.61. The maximum absolute atomic E-state index is 10.6. The van der Waals surface area contributed by atoms with Crippen molar-refractivity contribution in [3.8, 4) is 0 Å². The molecule has 0 unspecified atom stereocenters. The van der Waals surface area contributed by atoms with Crippen LogP contribution in [0.5, 0.6) is 0 Å². The number of thiazole rings is 1. The average molecular weight is 219 g/mol. The van der Waals surface area contributed by atoms with Crippen molar-refractivity contribution < 1.29 is 15.0 Å². The molecule has 0 atom stereocenters. The molecule has 2 N–H and O–H groups in total. The number of aryl methyl sites for hydroxylation is 1. The summed E-state index contributed by atoms with van der Waals surface area (Å²) in [5.41, 5.74) is 0.540. The van der Waals surface area contributed by atoms with E-state index >= 15 is 0 Å². The quantitative estimate of drug-likeness (QED) is 0.745. The summed E-state index contributed by atoms with van der Waals surface area (Å²) in [6, 6.07) is 0. The number of aliphatic hydroxyl groups excluding tert-OH is 1. The van der Waals surface area contributed by atoms with Gasteiger partial charge in [0.2, 0.25) is 0 Å². The number of hydrogen-bond donors (Lipinski definition) is 2. The molecule has 0 saturated carbocycles. The van der Waals surface area contributed by atoms with E-state index in [0.29, 0.717) is 15.8 Å². The van der Waals surface area contributed by atoms with Gasteiger partial charge in [-0.2, -0.15) is 0 Å². The van der Waals surface area contributed by atoms with Gasteiger partial charge in [0.25, 0.3) is 0 Å². The summed E-state index contributed by atoms with van der Waals surface area (Å²) < 4.78 is 0.698. The lowest BCUT2D eigenvalue weighted by Crippen LogP contribution is -1.94. The van der Waals surface area contributed by atoms with Crippen molar-refractivity contribution >= 4 is 29.1 Å². The Labute approximate surface area is 83.6 Å². The summed E-state index contributed by atoms with van der Waals surface area (Å²) in [7, 11) is 0. The Morgan fingerprint density at radius 1 is 1.69 bits per heavy atom. The molecule has 0 spiro atoms. The molecule has 0 fully saturated rings. The van der Waals surface area contributed by atoms with Crippen molar-refractivity contribution in [2.24, 2.45) is 0 Å². The fourth-order valence-electron chi connectivity index (χ4n) is 0.765. The molecule has 0 aliphatic rings. The van der Waals surface area contributed by atoms with Crippen molar-refractivity contribution in [2.45, 2.75) is 11.3 Å². The lowest BCUT2D eigenvalue weighted by atomic mass is 10.4. The predicted molar refractivity (Wildman–Crippen MR) is 51.6 cm³/mol. The summed E-state index contributed by atoms with van der Waals surface area (Å²) in [6.07, 6.45) is 0. The number of rotatable bonds is 4. The molecule has 1 rings (SSSR count). The third-order valence-corrected chi connectivity index (χ3v) is 3.56. The summed E-state index contributed by atoms with van der Waals surface area (Å²) in [4.78, 5) is 15.0. The van der Waals surface area contributed by atoms with Crippen molar-refractivity contribution in [3.63, 3.8) is 0 Å². The number of aromatic carboxylic acids is 1. The molecule has 0 radical (unpaired) electrons. The average Bonchev–Trinajstić information content (AvgIpc) is 2.43. The Hall–Kier alpha value is -0.590. The van der Waals surface area contributed by atoms with Crippen LogP contribution in [0.2, 0.25) is 0 Å². The zero-order valence-electron chi connectivity index (χ0n) is 6.98. The van der Waals surface area contributed by atoms with Gasteiger partial charge in [0.1, 0.15) is 4.88 Å². The Morgan fingerprint density at radius 2 is 2.38 bits per heavy atom. The van der Waals surface area contributed by atoms with E-state index in [1.165, 1.54) is 11.8 Å². The maximum Gasteiger partial charge on any atom is 0.347 e. The second-order valence-electron chi connectivity index (χ2n) is 2.27. The Bertz CT molecular complexity index is 311. The molecular formula is C7H9NO3S2. The number of hydrogen-bond acceptors (Lipinski definition) is 5. The highest BCUT2D eigenvalue weighted by molar-refractivity contribution is 8.01. The van der Waals surface area contributed by atoms with E-state index in [2.05, 4.69) is 4.98 Å². The van der Waals surface area contributed by atoms with Gasteiger partial charge in [0, 0.05) is 5.75 Å². The van der Waals surface area contributed by atoms with E-state index < -0.39 is 5.97 Å². The topological polar surface area (TPSA) is 70.4 Å². The van der Waals surface area contributed by atoms with Gasteiger partial charge >= 0.3 is 5.97 Å². The fourth-order valence-corrected chi connectivity index (χ4v) is 2.61. The third kappa shape index (κ3) is 2.68. The van der Waals surface area contributed by atoms with E-state index in [1.807, 2.05) is 0 Å². The molecule has 1 aromatic rings. The molecule has 1 aromatic heterocycles. The minimum Gasteiger partial charge on any atom is -0.477 e. The zero-order valence-corrected chi connectivity index (χ0v) is 8.61. The van der Waals surface area contributed by atoms with E-state index in [9.17, 15) is 4.79 Å². The number of thioether (sulfide) groups is 1. The van der Waals surface area contributed by atoms with E-state index in [1.54, 1.807) is 6.92 Å². The van der Waals surface area contributed by atoms with Gasteiger partial charge in [0.15, 0.2) is 4.34 Å². The van der Waals surface area contributed by atoms with Gasteiger partial charge in [-0.1, -0.05) is 11.8 Å². The van der Waals surface area contributed by atoms with E-state index in [-0.39, 0.29) is 11.5 Å². The van der Waals surface area contributed by atoms with E-state index in [0.717, 1.165) is 11.3 Å². The molecule has 0 aromatic carbocycles. The molecule has 0 amide bonds. The first-order valence-corrected chi connectivity index (χ1v) is 5.39. The van der Waals surface area contributed by atoms with Crippen LogP contribution in [0.1, 0.15) is 15.4 Å². The number of aromatic nitrogens is 1. The molecule has 0 saturated heterocycles. The lowest BCUT2D eigenvalue weighted by Gasteiger charge is -1.89. The molecular weight excluding hydrogens is 210 g/mol. The first kappa shape index (κ1) is 10.5. The van der Waals surface area contributed by atoms with Crippen molar-refractivity contribution in [2.75, 3.05) is 12.4 Å². The third-order valence-electron chi connectivity index (χ3n) is 1.29. The van der Waals surface area contributed by atoms with Crippen molar-refractivity contribution in [1.29, 1.82) is 0 Å². The van der Waals surface area contributed by atoms with Crippen LogP contribution < -0.4 is 0 Å². The monoisotopic (exact) mass is 219 g/mol. The van der Waals surface area contributed by atoms with Crippen LogP contribution >= 0.6 is 23.1 Å². The predicted octanol–water partition coefficient (Wildman–Crippen LogP) is 1.23. The summed E-state index contributed by atoms with van der Waals surface area (Å²) in [6.45, 7) is 1.74. The second kappa shape index (κ2) is 4.59. The zero-order chi connectivity index (χ0) is 9.84. The van der Waals surface area contributed by atoms with Crippen LogP contribution in [-0.4, -0.2) is 33.5 Å². The van der Waals surface area contributed by atoms with Crippen LogP contribution in [0, 0.1) is 6.92 Å². The first-order chi connectivity index (χ1) is 6.15. The van der Waals surface area contributed by atoms with Crippen LogP contribution in [0.15, 0.2) is 4.34 Å². The normalized spacial score (nSPS) is 10.3. The highest BCUT2D eigenvalue weighted by Gasteiger charge is 2.13. The van der Waals surface area contributed by atoms with Crippen LogP contribution in [0.25, 0.3) is 0 Å². The Kier molecular flexibility index (Phi) is 3.71. The summed E-state index contributed by atoms with van der Waals surface area (Å²) in [5.74, 6) is -0.391. The van der Waals surface area contributed by atoms with Crippen LogP contribution in [0.4, 0.5) is 0 Å². The van der Waals surface area contributed by atoms with E-state index in [4.69, 9.17) is 10.2 Å². The fraction of sp³-hybridized carbons (Fsp3) is 0.429. The van der Waals surface area contributed by atoms with Gasteiger partial charge in [-0.05, 0) is 6.92 Å². The van der Waals surface area contributed by atoms with Crippen LogP contribution in [0.3, 0.4) is 0 Å². The smallest absolute Gasteiger partial charge is 0.347 e. The highest BCUT2D eigenvalue weighted by Crippen LogP contribution is 2.26. The van der Waals surface area contributed by atoms with Gasteiger partial charge in [0.05, 0.1) is 12.3 Å². The SMILES string of the molecule is Cc1nc(SCCO)sc1C(=O)O. The minimum atomic E-state index is -0.939. The van der Waals surface area contributed by atoms with Crippen molar-refractivity contribution in [1.82, 2.24) is 4.98 Å². The highest BCUT2D eigenvalue weighted by atomic mass is 32.2. The van der Waals surface area contributed by atoms with Crippen molar-refractivity contribution in [3.05, 3.63) is 10.6 Å². The van der Waals surface area contributed by atoms with Gasteiger partial charge in [-0.15, -0.1) is 11.3 Å². The molecule has 6 heteroatoms. The molecule has 1 heterocycles. The van der Waals surface area contributed by atoms with Crippen LogP contribution in [-0.2, 0) is 0 Å². The maximum atomic E-state index is 10.6. The number of nitrogens with zero attached hydrogens (tertiary/aromatic N) is 1. The molecule has 13 heavy (non-hydrogen) atoms. The summed E-state index contributed by atoms with van der Waals surface area (Å²) in [5, 5.41) is 17.3. The largest absolute Gasteiger partial charge is 0.477 e. The summed E-state index contributed by atoms with van der Waals surface area (Å²) >= 11 is 2.52. The molecule has 0 aliphatic carbocycles. The van der Waals surface area contributed by atoms with Gasteiger partial charge in [-0.3, -0.25) is 0 Å². The number of carboxylic acid groups (broad SMARTS) is 1. The van der Waals surface area contributed by atoms with Gasteiger partial charge in [-0.25, -0.2) is 9.78 Å². The molecule has 4 nitrogen and oxygen atoms in total. The standard InChI is InChI=1S/C7H9NO3S2/c1-4-5(6(10)11)13-7(8-4)12-3-2-9/h9H,2-3H2,1H3,(H,10,11). The Balaban J connectivity index is 2.76. The molecule has 72 valence electrons. The molecule has 0 bridgehead atoms. The minimum absolute atomic E-state index is 0.0751. The Morgan fingerprint density at radius 3 is 2.85 bits per heavy atom. The lowest BCUT2D eigenvalue weighted by molar-refractivity contribution is 0.0701. The number of aliphatic hydroxyl groups is 1.